The zero-order valence-electron chi connectivity index (χ0n) is 8.86. The van der Waals surface area contributed by atoms with Crippen LogP contribution >= 0.6 is 0 Å². The fourth-order valence-electron chi connectivity index (χ4n) is 2.13. The van der Waals surface area contributed by atoms with Crippen LogP contribution in [0.25, 0.3) is 5.65 Å². The number of rotatable bonds is 1. The SMILES string of the molecule is Fc1ccc2nc(C3CCNCC3)nn2c1. The van der Waals surface area contributed by atoms with E-state index in [1.54, 1.807) is 6.07 Å². The molecule has 0 aliphatic carbocycles. The molecule has 0 saturated carbocycles. The average molecular weight is 220 g/mol. The summed E-state index contributed by atoms with van der Waals surface area (Å²) in [5, 5.41) is 7.64. The van der Waals surface area contributed by atoms with Crippen molar-refractivity contribution in [2.45, 2.75) is 18.8 Å². The standard InChI is InChI=1S/C11H13FN4/c12-9-1-2-10-14-11(15-16(10)7-9)8-3-5-13-6-4-8/h1-2,7-8,13H,3-6H2. The summed E-state index contributed by atoms with van der Waals surface area (Å²) in [5.74, 6) is 0.963. The third-order valence-electron chi connectivity index (χ3n) is 3.02. The zero-order valence-corrected chi connectivity index (χ0v) is 8.86. The fourth-order valence-corrected chi connectivity index (χ4v) is 2.13. The van der Waals surface area contributed by atoms with E-state index < -0.39 is 0 Å². The third-order valence-corrected chi connectivity index (χ3v) is 3.02. The van der Waals surface area contributed by atoms with E-state index in [2.05, 4.69) is 15.4 Å². The van der Waals surface area contributed by atoms with E-state index >= 15 is 0 Å². The van der Waals surface area contributed by atoms with Crippen LogP contribution in [-0.2, 0) is 0 Å². The molecule has 1 aliphatic heterocycles. The summed E-state index contributed by atoms with van der Waals surface area (Å²) in [7, 11) is 0. The van der Waals surface area contributed by atoms with Gasteiger partial charge >= 0.3 is 0 Å². The van der Waals surface area contributed by atoms with Crippen molar-refractivity contribution in [1.82, 2.24) is 19.9 Å². The van der Waals surface area contributed by atoms with Crippen LogP contribution in [0.1, 0.15) is 24.6 Å². The molecular weight excluding hydrogens is 207 g/mol. The summed E-state index contributed by atoms with van der Waals surface area (Å²) < 4.78 is 14.5. The topological polar surface area (TPSA) is 42.2 Å². The first-order chi connectivity index (χ1) is 7.83. The van der Waals surface area contributed by atoms with Gasteiger partial charge in [0.25, 0.3) is 0 Å². The van der Waals surface area contributed by atoms with E-state index in [4.69, 9.17) is 0 Å². The molecule has 2 aromatic heterocycles. The number of nitrogens with zero attached hydrogens (tertiary/aromatic N) is 3. The first-order valence-electron chi connectivity index (χ1n) is 5.55. The normalized spacial score (nSPS) is 18.1. The molecule has 3 heterocycles. The van der Waals surface area contributed by atoms with Gasteiger partial charge in [-0.15, -0.1) is 0 Å². The summed E-state index contributed by atoms with van der Waals surface area (Å²) in [6.07, 6.45) is 3.48. The molecule has 0 spiro atoms. The minimum Gasteiger partial charge on any atom is -0.317 e. The maximum absolute atomic E-state index is 13.0. The van der Waals surface area contributed by atoms with Gasteiger partial charge < -0.3 is 5.32 Å². The van der Waals surface area contributed by atoms with Gasteiger partial charge in [-0.05, 0) is 38.1 Å². The van der Waals surface area contributed by atoms with E-state index in [-0.39, 0.29) is 5.82 Å². The van der Waals surface area contributed by atoms with E-state index in [0.717, 1.165) is 37.4 Å². The molecule has 1 N–H and O–H groups in total. The lowest BCUT2D eigenvalue weighted by Crippen LogP contribution is -2.27. The number of aromatic nitrogens is 3. The maximum Gasteiger partial charge on any atom is 0.155 e. The average Bonchev–Trinajstić information content (AvgIpc) is 2.73. The molecule has 0 amide bonds. The highest BCUT2D eigenvalue weighted by molar-refractivity contribution is 5.37. The smallest absolute Gasteiger partial charge is 0.155 e. The largest absolute Gasteiger partial charge is 0.317 e. The Balaban J connectivity index is 1.97. The second-order valence-electron chi connectivity index (χ2n) is 4.14. The van der Waals surface area contributed by atoms with Crippen LogP contribution in [0.2, 0.25) is 0 Å². The number of piperidine rings is 1. The van der Waals surface area contributed by atoms with Crippen LogP contribution in [0, 0.1) is 5.82 Å². The van der Waals surface area contributed by atoms with Crippen molar-refractivity contribution in [3.63, 3.8) is 0 Å². The van der Waals surface area contributed by atoms with Gasteiger partial charge in [0, 0.05) is 5.92 Å². The Morgan fingerprint density at radius 3 is 2.94 bits per heavy atom. The van der Waals surface area contributed by atoms with Crippen LogP contribution < -0.4 is 5.32 Å². The molecule has 5 heteroatoms. The lowest BCUT2D eigenvalue weighted by molar-refractivity contribution is 0.445. The van der Waals surface area contributed by atoms with Gasteiger partial charge in [-0.3, -0.25) is 0 Å². The van der Waals surface area contributed by atoms with Gasteiger partial charge in [0.15, 0.2) is 11.5 Å². The Morgan fingerprint density at radius 1 is 1.31 bits per heavy atom. The van der Waals surface area contributed by atoms with E-state index in [1.165, 1.54) is 16.8 Å². The monoisotopic (exact) mass is 220 g/mol. The summed E-state index contributed by atoms with van der Waals surface area (Å²) in [5.41, 5.74) is 0.718. The number of nitrogens with one attached hydrogen (secondary N) is 1. The number of hydrogen-bond acceptors (Lipinski definition) is 3. The minimum atomic E-state index is -0.283. The van der Waals surface area contributed by atoms with E-state index in [9.17, 15) is 4.39 Å². The van der Waals surface area contributed by atoms with Crippen molar-refractivity contribution in [3.05, 3.63) is 30.0 Å². The maximum atomic E-state index is 13.0. The predicted octanol–water partition coefficient (Wildman–Crippen LogP) is 1.34. The van der Waals surface area contributed by atoms with Crippen LogP contribution in [0.4, 0.5) is 4.39 Å². The second kappa shape index (κ2) is 3.83. The molecule has 1 aliphatic rings. The van der Waals surface area contributed by atoms with Gasteiger partial charge in [0.2, 0.25) is 0 Å². The molecule has 0 aromatic carbocycles. The van der Waals surface area contributed by atoms with Gasteiger partial charge in [-0.2, -0.15) is 5.10 Å². The molecular formula is C11H13FN4. The molecule has 1 fully saturated rings. The van der Waals surface area contributed by atoms with Gasteiger partial charge in [-0.25, -0.2) is 13.9 Å². The van der Waals surface area contributed by atoms with Gasteiger partial charge in [0.05, 0.1) is 6.20 Å². The highest BCUT2D eigenvalue weighted by Gasteiger charge is 2.19. The molecule has 0 radical (unpaired) electrons. The summed E-state index contributed by atoms with van der Waals surface area (Å²) in [4.78, 5) is 4.43. The Hall–Kier alpha value is -1.49. The first-order valence-corrected chi connectivity index (χ1v) is 5.55. The highest BCUT2D eigenvalue weighted by atomic mass is 19.1. The number of pyridine rings is 1. The van der Waals surface area contributed by atoms with Gasteiger partial charge in [0.1, 0.15) is 5.82 Å². The molecule has 84 valence electrons. The molecule has 3 rings (SSSR count). The highest BCUT2D eigenvalue weighted by Crippen LogP contribution is 2.22. The Morgan fingerprint density at radius 2 is 2.12 bits per heavy atom. The molecule has 2 aromatic rings. The molecule has 0 unspecified atom stereocenters. The fraction of sp³-hybridized carbons (Fsp3) is 0.455. The van der Waals surface area contributed by atoms with Crippen LogP contribution in [0.5, 0.6) is 0 Å². The Kier molecular flexibility index (Phi) is 2.32. The van der Waals surface area contributed by atoms with E-state index in [0.29, 0.717) is 5.92 Å². The van der Waals surface area contributed by atoms with Gasteiger partial charge in [-0.1, -0.05) is 0 Å². The Labute approximate surface area is 92.5 Å². The van der Waals surface area contributed by atoms with Crippen molar-refractivity contribution in [1.29, 1.82) is 0 Å². The van der Waals surface area contributed by atoms with E-state index in [1.807, 2.05) is 0 Å². The van der Waals surface area contributed by atoms with Crippen molar-refractivity contribution in [2.24, 2.45) is 0 Å². The lowest BCUT2D eigenvalue weighted by Gasteiger charge is -2.19. The molecule has 1 saturated heterocycles. The van der Waals surface area contributed by atoms with Crippen LogP contribution in [-0.4, -0.2) is 27.7 Å². The number of halogens is 1. The molecule has 0 bridgehead atoms. The second-order valence-corrected chi connectivity index (χ2v) is 4.14. The number of fused-ring (bicyclic) bond motifs is 1. The zero-order chi connectivity index (χ0) is 11.0. The van der Waals surface area contributed by atoms with Crippen molar-refractivity contribution in [3.8, 4) is 0 Å². The summed E-state index contributed by atoms with van der Waals surface area (Å²) in [6.45, 7) is 2.02. The Bertz CT molecular complexity index is 502. The lowest BCUT2D eigenvalue weighted by atomic mass is 9.98. The minimum absolute atomic E-state index is 0.283. The summed E-state index contributed by atoms with van der Waals surface area (Å²) in [6, 6.07) is 3.07. The molecule has 16 heavy (non-hydrogen) atoms. The third kappa shape index (κ3) is 1.67. The first kappa shape index (κ1) is 9.72. The van der Waals surface area contributed by atoms with Crippen molar-refractivity contribution >= 4 is 5.65 Å². The molecule has 4 nitrogen and oxygen atoms in total. The molecule has 0 atom stereocenters. The quantitative estimate of drug-likeness (QED) is 0.788. The van der Waals surface area contributed by atoms with Crippen LogP contribution in [0.15, 0.2) is 18.3 Å². The summed E-state index contributed by atoms with van der Waals surface area (Å²) >= 11 is 0. The van der Waals surface area contributed by atoms with Crippen LogP contribution in [0.3, 0.4) is 0 Å². The number of hydrogen-bond donors (Lipinski definition) is 1. The van der Waals surface area contributed by atoms with Crippen molar-refractivity contribution in [2.75, 3.05) is 13.1 Å². The van der Waals surface area contributed by atoms with Crippen molar-refractivity contribution < 1.29 is 4.39 Å². The predicted molar refractivity (Wildman–Crippen MR) is 57.8 cm³/mol.